The first kappa shape index (κ1) is 11.3. The van der Waals surface area contributed by atoms with E-state index in [9.17, 15) is 4.79 Å². The summed E-state index contributed by atoms with van der Waals surface area (Å²) in [4.78, 5) is 11.2. The summed E-state index contributed by atoms with van der Waals surface area (Å²) >= 11 is 0. The molecule has 0 spiro atoms. The van der Waals surface area contributed by atoms with E-state index in [2.05, 4.69) is 0 Å². The van der Waals surface area contributed by atoms with Crippen molar-refractivity contribution in [3.8, 4) is 11.5 Å². The van der Waals surface area contributed by atoms with Gasteiger partial charge in [-0.3, -0.25) is 0 Å². The average molecular weight is 236 g/mol. The quantitative estimate of drug-likeness (QED) is 0.886. The van der Waals surface area contributed by atoms with Crippen molar-refractivity contribution in [2.45, 2.75) is 6.92 Å². The molecule has 0 aliphatic heterocycles. The van der Waals surface area contributed by atoms with Crippen molar-refractivity contribution in [2.24, 2.45) is 0 Å². The molecule has 0 unspecified atom stereocenters. The van der Waals surface area contributed by atoms with Gasteiger partial charge >= 0.3 is 5.97 Å². The summed E-state index contributed by atoms with van der Waals surface area (Å²) in [6.07, 6.45) is 1.55. The maximum Gasteiger partial charge on any atom is 0.339 e. The first-order valence-corrected chi connectivity index (χ1v) is 4.96. The molecule has 0 amide bonds. The third-order valence-corrected chi connectivity index (χ3v) is 2.61. The standard InChI is InChI=1S/C12H12O5/c1-6-5-17-10-7(6)4-8(12(13)14)9(15-2)11(10)16-3/h4-5H,1-3H3,(H,13,14). The minimum absolute atomic E-state index is 0.0568. The number of carboxylic acids is 1. The van der Waals surface area contributed by atoms with Gasteiger partial charge in [-0.15, -0.1) is 0 Å². The fourth-order valence-electron chi connectivity index (χ4n) is 1.79. The molecule has 0 saturated carbocycles. The molecule has 5 nitrogen and oxygen atoms in total. The summed E-state index contributed by atoms with van der Waals surface area (Å²) in [5, 5.41) is 9.85. The number of rotatable bonds is 3. The Morgan fingerprint density at radius 2 is 1.94 bits per heavy atom. The lowest BCUT2D eigenvalue weighted by Crippen LogP contribution is -2.02. The minimum Gasteiger partial charge on any atom is -0.492 e. The Kier molecular flexibility index (Phi) is 2.67. The molecule has 0 radical (unpaired) electrons. The third kappa shape index (κ3) is 1.60. The van der Waals surface area contributed by atoms with Gasteiger partial charge in [-0.2, -0.15) is 0 Å². The van der Waals surface area contributed by atoms with Crippen LogP contribution >= 0.6 is 0 Å². The second kappa shape index (κ2) is 4.01. The van der Waals surface area contributed by atoms with Crippen LogP contribution in [-0.2, 0) is 0 Å². The molecule has 0 bridgehead atoms. The van der Waals surface area contributed by atoms with Gasteiger partial charge in [0.25, 0.3) is 0 Å². The molecule has 0 aliphatic rings. The van der Waals surface area contributed by atoms with Crippen LogP contribution in [0.2, 0.25) is 0 Å². The van der Waals surface area contributed by atoms with Crippen LogP contribution in [-0.4, -0.2) is 25.3 Å². The van der Waals surface area contributed by atoms with E-state index in [0.717, 1.165) is 5.56 Å². The normalized spacial score (nSPS) is 10.5. The van der Waals surface area contributed by atoms with Gasteiger partial charge in [0, 0.05) is 5.39 Å². The van der Waals surface area contributed by atoms with Crippen LogP contribution in [0.5, 0.6) is 11.5 Å². The Bertz CT molecular complexity index is 582. The summed E-state index contributed by atoms with van der Waals surface area (Å²) in [6, 6.07) is 1.53. The van der Waals surface area contributed by atoms with Gasteiger partial charge in [-0.25, -0.2) is 4.79 Å². The molecule has 1 N–H and O–H groups in total. The number of methoxy groups -OCH3 is 2. The number of hydrogen-bond donors (Lipinski definition) is 1. The number of carbonyl (C=O) groups is 1. The monoisotopic (exact) mass is 236 g/mol. The SMILES string of the molecule is COc1c(C(=O)O)cc2c(C)coc2c1OC. The number of hydrogen-bond acceptors (Lipinski definition) is 4. The molecule has 1 heterocycles. The maximum absolute atomic E-state index is 11.2. The molecular formula is C12H12O5. The van der Waals surface area contributed by atoms with E-state index in [1.54, 1.807) is 6.26 Å². The van der Waals surface area contributed by atoms with Crippen molar-refractivity contribution < 1.29 is 23.8 Å². The van der Waals surface area contributed by atoms with E-state index >= 15 is 0 Å². The molecule has 2 rings (SSSR count). The molecule has 1 aromatic heterocycles. The van der Waals surface area contributed by atoms with Crippen molar-refractivity contribution in [2.75, 3.05) is 14.2 Å². The van der Waals surface area contributed by atoms with Crippen molar-refractivity contribution in [3.63, 3.8) is 0 Å². The molecule has 2 aromatic rings. The van der Waals surface area contributed by atoms with Gasteiger partial charge in [0.2, 0.25) is 5.75 Å². The highest BCUT2D eigenvalue weighted by Gasteiger charge is 2.22. The largest absolute Gasteiger partial charge is 0.492 e. The van der Waals surface area contributed by atoms with E-state index in [4.69, 9.17) is 19.0 Å². The summed E-state index contributed by atoms with van der Waals surface area (Å²) in [6.45, 7) is 1.84. The Hall–Kier alpha value is -2.17. The van der Waals surface area contributed by atoms with E-state index in [1.165, 1.54) is 20.3 Å². The van der Waals surface area contributed by atoms with Crippen LogP contribution < -0.4 is 9.47 Å². The summed E-state index contributed by atoms with van der Waals surface area (Å²) in [5.41, 5.74) is 1.40. The van der Waals surface area contributed by atoms with Gasteiger partial charge in [-0.1, -0.05) is 0 Å². The number of fused-ring (bicyclic) bond motifs is 1. The smallest absolute Gasteiger partial charge is 0.339 e. The first-order chi connectivity index (χ1) is 8.10. The highest BCUT2D eigenvalue weighted by molar-refractivity contribution is 6.00. The van der Waals surface area contributed by atoms with Crippen molar-refractivity contribution in [1.82, 2.24) is 0 Å². The number of aryl methyl sites for hydroxylation is 1. The Morgan fingerprint density at radius 1 is 1.29 bits per heavy atom. The van der Waals surface area contributed by atoms with E-state index in [-0.39, 0.29) is 11.3 Å². The summed E-state index contributed by atoms with van der Waals surface area (Å²) in [7, 11) is 2.84. The van der Waals surface area contributed by atoms with Crippen LogP contribution in [0.25, 0.3) is 11.0 Å². The second-order valence-corrected chi connectivity index (χ2v) is 3.59. The molecule has 90 valence electrons. The molecule has 0 aliphatic carbocycles. The predicted molar refractivity (Wildman–Crippen MR) is 61.0 cm³/mol. The number of benzene rings is 1. The molecule has 0 fully saturated rings. The zero-order valence-electron chi connectivity index (χ0n) is 9.73. The maximum atomic E-state index is 11.2. The number of carboxylic acid groups (broad SMARTS) is 1. The van der Waals surface area contributed by atoms with Crippen molar-refractivity contribution in [3.05, 3.63) is 23.5 Å². The van der Waals surface area contributed by atoms with Gasteiger partial charge in [0.1, 0.15) is 5.56 Å². The molecule has 0 atom stereocenters. The van der Waals surface area contributed by atoms with Crippen molar-refractivity contribution in [1.29, 1.82) is 0 Å². The van der Waals surface area contributed by atoms with E-state index in [0.29, 0.717) is 16.7 Å². The Labute approximate surface area is 97.6 Å². The summed E-state index contributed by atoms with van der Waals surface area (Å²) < 4.78 is 15.6. The fraction of sp³-hybridized carbons (Fsp3) is 0.250. The van der Waals surface area contributed by atoms with Crippen LogP contribution in [0.4, 0.5) is 0 Å². The van der Waals surface area contributed by atoms with Crippen LogP contribution in [0.3, 0.4) is 0 Å². The molecule has 1 aromatic carbocycles. The minimum atomic E-state index is -1.07. The Morgan fingerprint density at radius 3 is 2.47 bits per heavy atom. The zero-order valence-corrected chi connectivity index (χ0v) is 9.73. The van der Waals surface area contributed by atoms with Gasteiger partial charge in [-0.05, 0) is 18.6 Å². The van der Waals surface area contributed by atoms with Crippen molar-refractivity contribution >= 4 is 16.9 Å². The van der Waals surface area contributed by atoms with Crippen LogP contribution in [0.15, 0.2) is 16.7 Å². The number of aromatic carboxylic acids is 1. The average Bonchev–Trinajstić information content (AvgIpc) is 2.68. The molecule has 0 saturated heterocycles. The fourth-order valence-corrected chi connectivity index (χ4v) is 1.79. The lowest BCUT2D eigenvalue weighted by Gasteiger charge is -2.10. The number of ether oxygens (including phenoxy) is 2. The highest BCUT2D eigenvalue weighted by atomic mass is 16.5. The lowest BCUT2D eigenvalue weighted by molar-refractivity contribution is 0.0693. The first-order valence-electron chi connectivity index (χ1n) is 4.96. The third-order valence-electron chi connectivity index (χ3n) is 2.61. The van der Waals surface area contributed by atoms with Gasteiger partial charge < -0.3 is 19.0 Å². The van der Waals surface area contributed by atoms with Crippen LogP contribution in [0, 0.1) is 6.92 Å². The van der Waals surface area contributed by atoms with E-state index in [1.807, 2.05) is 6.92 Å². The number of furan rings is 1. The van der Waals surface area contributed by atoms with Gasteiger partial charge in [0.15, 0.2) is 11.3 Å². The molecular weight excluding hydrogens is 224 g/mol. The topological polar surface area (TPSA) is 68.9 Å². The molecule has 17 heavy (non-hydrogen) atoms. The lowest BCUT2D eigenvalue weighted by atomic mass is 10.1. The molecule has 5 heteroatoms. The Balaban J connectivity index is 2.90. The summed E-state index contributed by atoms with van der Waals surface area (Å²) in [5.74, 6) is -0.597. The second-order valence-electron chi connectivity index (χ2n) is 3.59. The predicted octanol–water partition coefficient (Wildman–Crippen LogP) is 2.46. The zero-order chi connectivity index (χ0) is 12.6. The van der Waals surface area contributed by atoms with E-state index < -0.39 is 5.97 Å². The highest BCUT2D eigenvalue weighted by Crippen LogP contribution is 2.40. The van der Waals surface area contributed by atoms with Crippen LogP contribution in [0.1, 0.15) is 15.9 Å². The van der Waals surface area contributed by atoms with Gasteiger partial charge in [0.05, 0.1) is 20.5 Å².